The standard InChI is InChI=1S/C21H32FNO5S/c1-16(2)26-12-13-27-19-6-11-28-21(15-19)7-9-23(10-8-21)29(24,25)20-14-18(22)5-4-17(20)3/h4-5,14,16,19H,6-13,15H2,1-3H3. The number of rotatable bonds is 7. The van der Waals surface area contributed by atoms with Crippen LogP contribution in [0.5, 0.6) is 0 Å². The highest BCUT2D eigenvalue weighted by Gasteiger charge is 2.43. The summed E-state index contributed by atoms with van der Waals surface area (Å²) in [6.07, 6.45) is 3.13. The van der Waals surface area contributed by atoms with Crippen molar-refractivity contribution >= 4 is 10.0 Å². The first-order valence-corrected chi connectivity index (χ1v) is 11.8. The number of sulfonamides is 1. The second-order valence-corrected chi connectivity index (χ2v) is 10.2. The molecule has 0 N–H and O–H groups in total. The van der Waals surface area contributed by atoms with Crippen molar-refractivity contribution in [1.82, 2.24) is 4.31 Å². The van der Waals surface area contributed by atoms with E-state index in [0.29, 0.717) is 51.3 Å². The van der Waals surface area contributed by atoms with Gasteiger partial charge in [0.15, 0.2) is 0 Å². The second kappa shape index (κ2) is 9.39. The van der Waals surface area contributed by atoms with Gasteiger partial charge in [0.05, 0.1) is 35.9 Å². The van der Waals surface area contributed by atoms with Gasteiger partial charge in [0.2, 0.25) is 10.0 Å². The van der Waals surface area contributed by atoms with Crippen LogP contribution in [0.3, 0.4) is 0 Å². The smallest absolute Gasteiger partial charge is 0.243 e. The van der Waals surface area contributed by atoms with E-state index in [-0.39, 0.29) is 22.7 Å². The number of nitrogens with zero attached hydrogens (tertiary/aromatic N) is 1. The van der Waals surface area contributed by atoms with E-state index >= 15 is 0 Å². The molecule has 1 unspecified atom stereocenters. The minimum absolute atomic E-state index is 0.0457. The highest BCUT2D eigenvalue weighted by Crippen LogP contribution is 2.37. The van der Waals surface area contributed by atoms with Gasteiger partial charge in [-0.05, 0) is 57.7 Å². The first kappa shape index (κ1) is 22.6. The van der Waals surface area contributed by atoms with Gasteiger partial charge < -0.3 is 14.2 Å². The molecule has 2 aliphatic rings. The Labute approximate surface area is 173 Å². The van der Waals surface area contributed by atoms with Gasteiger partial charge in [-0.15, -0.1) is 0 Å². The number of piperidine rings is 1. The Hall–Kier alpha value is -1.06. The average Bonchev–Trinajstić information content (AvgIpc) is 2.67. The van der Waals surface area contributed by atoms with Crippen LogP contribution >= 0.6 is 0 Å². The Bertz CT molecular complexity index is 790. The number of hydrogen-bond donors (Lipinski definition) is 0. The minimum Gasteiger partial charge on any atom is -0.376 e. The van der Waals surface area contributed by atoms with Crippen LogP contribution in [-0.2, 0) is 24.2 Å². The number of ether oxygens (including phenoxy) is 3. The van der Waals surface area contributed by atoms with Crippen molar-refractivity contribution in [3.63, 3.8) is 0 Å². The fourth-order valence-corrected chi connectivity index (χ4v) is 5.77. The lowest BCUT2D eigenvalue weighted by atomic mass is 9.84. The molecule has 3 rings (SSSR count). The lowest BCUT2D eigenvalue weighted by molar-refractivity contribution is -0.154. The summed E-state index contributed by atoms with van der Waals surface area (Å²) < 4.78 is 58.7. The first-order chi connectivity index (χ1) is 13.7. The maximum absolute atomic E-state index is 13.6. The molecule has 1 aromatic rings. The van der Waals surface area contributed by atoms with Crippen LogP contribution in [0.1, 0.15) is 45.1 Å². The van der Waals surface area contributed by atoms with Crippen molar-refractivity contribution in [1.29, 1.82) is 0 Å². The second-order valence-electron chi connectivity index (χ2n) is 8.25. The molecule has 2 fully saturated rings. The van der Waals surface area contributed by atoms with E-state index in [0.717, 1.165) is 18.9 Å². The molecular formula is C21H32FNO5S. The first-order valence-electron chi connectivity index (χ1n) is 10.4. The number of benzene rings is 1. The van der Waals surface area contributed by atoms with Crippen LogP contribution in [0, 0.1) is 12.7 Å². The lowest BCUT2D eigenvalue weighted by Gasteiger charge is -2.45. The number of hydrogen-bond acceptors (Lipinski definition) is 5. The molecule has 2 saturated heterocycles. The Morgan fingerprint density at radius 3 is 2.69 bits per heavy atom. The molecule has 0 amide bonds. The highest BCUT2D eigenvalue weighted by molar-refractivity contribution is 7.89. The summed E-state index contributed by atoms with van der Waals surface area (Å²) in [5.41, 5.74) is 0.211. The fourth-order valence-electron chi connectivity index (χ4n) is 4.10. The maximum atomic E-state index is 13.6. The summed E-state index contributed by atoms with van der Waals surface area (Å²) in [5, 5.41) is 0. The molecule has 29 heavy (non-hydrogen) atoms. The Morgan fingerprint density at radius 2 is 2.00 bits per heavy atom. The van der Waals surface area contributed by atoms with E-state index in [2.05, 4.69) is 0 Å². The fraction of sp³-hybridized carbons (Fsp3) is 0.714. The van der Waals surface area contributed by atoms with Crippen molar-refractivity contribution < 1.29 is 27.0 Å². The molecule has 8 heteroatoms. The number of halogens is 1. The zero-order chi connectivity index (χ0) is 21.1. The molecule has 1 spiro atoms. The molecule has 0 bridgehead atoms. The van der Waals surface area contributed by atoms with Crippen molar-refractivity contribution in [2.24, 2.45) is 0 Å². The minimum atomic E-state index is -3.72. The zero-order valence-corrected chi connectivity index (χ0v) is 18.3. The van der Waals surface area contributed by atoms with E-state index in [1.807, 2.05) is 13.8 Å². The summed E-state index contributed by atoms with van der Waals surface area (Å²) in [6.45, 7) is 8.15. The molecule has 164 valence electrons. The topological polar surface area (TPSA) is 65.1 Å². The lowest BCUT2D eigenvalue weighted by Crippen LogP contribution is -2.52. The zero-order valence-electron chi connectivity index (χ0n) is 17.5. The highest BCUT2D eigenvalue weighted by atomic mass is 32.2. The summed E-state index contributed by atoms with van der Waals surface area (Å²) >= 11 is 0. The molecule has 2 heterocycles. The molecule has 1 atom stereocenters. The van der Waals surface area contributed by atoms with Gasteiger partial charge >= 0.3 is 0 Å². The van der Waals surface area contributed by atoms with Crippen molar-refractivity contribution in [2.75, 3.05) is 32.9 Å². The molecule has 2 aliphatic heterocycles. The molecule has 0 aliphatic carbocycles. The predicted molar refractivity (Wildman–Crippen MR) is 108 cm³/mol. The van der Waals surface area contributed by atoms with E-state index in [1.54, 1.807) is 6.92 Å². The monoisotopic (exact) mass is 429 g/mol. The normalized spacial score (nSPS) is 23.0. The molecule has 6 nitrogen and oxygen atoms in total. The molecule has 0 aromatic heterocycles. The predicted octanol–water partition coefficient (Wildman–Crippen LogP) is 3.28. The van der Waals surface area contributed by atoms with Gasteiger partial charge in [-0.2, -0.15) is 4.31 Å². The Morgan fingerprint density at radius 1 is 1.28 bits per heavy atom. The molecule has 0 saturated carbocycles. The maximum Gasteiger partial charge on any atom is 0.243 e. The van der Waals surface area contributed by atoms with Gasteiger partial charge in [0, 0.05) is 26.1 Å². The van der Waals surface area contributed by atoms with E-state index in [1.165, 1.54) is 16.4 Å². The molecule has 0 radical (unpaired) electrons. The van der Waals surface area contributed by atoms with Gasteiger partial charge in [0.25, 0.3) is 0 Å². The summed E-state index contributed by atoms with van der Waals surface area (Å²) in [5.74, 6) is -0.542. The van der Waals surface area contributed by atoms with Gasteiger partial charge in [0.1, 0.15) is 5.82 Å². The molecular weight excluding hydrogens is 397 g/mol. The largest absolute Gasteiger partial charge is 0.376 e. The van der Waals surface area contributed by atoms with Crippen LogP contribution in [0.15, 0.2) is 23.1 Å². The van der Waals surface area contributed by atoms with Crippen LogP contribution < -0.4 is 0 Å². The van der Waals surface area contributed by atoms with E-state index in [9.17, 15) is 12.8 Å². The van der Waals surface area contributed by atoms with Crippen molar-refractivity contribution in [3.05, 3.63) is 29.6 Å². The van der Waals surface area contributed by atoms with E-state index < -0.39 is 15.8 Å². The SMILES string of the molecule is Cc1ccc(F)cc1S(=O)(=O)N1CCC2(CC1)CC(OCCOC(C)C)CCO2. The van der Waals surface area contributed by atoms with Crippen LogP contribution in [-0.4, -0.2) is 63.4 Å². The van der Waals surface area contributed by atoms with Crippen LogP contribution in [0.4, 0.5) is 4.39 Å². The van der Waals surface area contributed by atoms with E-state index in [4.69, 9.17) is 14.2 Å². The summed E-state index contributed by atoms with van der Waals surface area (Å²) in [6, 6.07) is 3.89. The third kappa shape index (κ3) is 5.55. The average molecular weight is 430 g/mol. The third-order valence-corrected chi connectivity index (χ3v) is 7.78. The van der Waals surface area contributed by atoms with Crippen LogP contribution in [0.2, 0.25) is 0 Å². The quantitative estimate of drug-likeness (QED) is 0.623. The third-order valence-electron chi connectivity index (χ3n) is 5.74. The van der Waals surface area contributed by atoms with Crippen LogP contribution in [0.25, 0.3) is 0 Å². The van der Waals surface area contributed by atoms with Crippen molar-refractivity contribution in [2.45, 2.75) is 69.2 Å². The Balaban J connectivity index is 1.58. The van der Waals surface area contributed by atoms with Crippen molar-refractivity contribution in [3.8, 4) is 0 Å². The number of aryl methyl sites for hydroxylation is 1. The van der Waals surface area contributed by atoms with Gasteiger partial charge in [-0.1, -0.05) is 6.07 Å². The molecule has 1 aromatic carbocycles. The Kier molecular flexibility index (Phi) is 7.32. The summed E-state index contributed by atoms with van der Waals surface area (Å²) in [7, 11) is -3.72. The van der Waals surface area contributed by atoms with Gasteiger partial charge in [-0.3, -0.25) is 0 Å². The van der Waals surface area contributed by atoms with Gasteiger partial charge in [-0.25, -0.2) is 12.8 Å². The summed E-state index contributed by atoms with van der Waals surface area (Å²) in [4.78, 5) is 0.0457.